The van der Waals surface area contributed by atoms with Gasteiger partial charge in [0.1, 0.15) is 11.8 Å². The fourth-order valence-corrected chi connectivity index (χ4v) is 2.68. The molecule has 0 aliphatic heterocycles. The fourth-order valence-electron chi connectivity index (χ4n) is 2.15. The second-order valence-electron chi connectivity index (χ2n) is 4.68. The predicted octanol–water partition coefficient (Wildman–Crippen LogP) is 2.73. The second kappa shape index (κ2) is 6.39. The van der Waals surface area contributed by atoms with Gasteiger partial charge in [0.25, 0.3) is 0 Å². The minimum absolute atomic E-state index is 0.390. The summed E-state index contributed by atoms with van der Waals surface area (Å²) < 4.78 is 6.52. The van der Waals surface area contributed by atoms with Crippen molar-refractivity contribution in [2.75, 3.05) is 7.11 Å². The summed E-state index contributed by atoms with van der Waals surface area (Å²) in [5, 5.41) is 8.84. The van der Waals surface area contributed by atoms with Gasteiger partial charge in [-0.15, -0.1) is 0 Å². The van der Waals surface area contributed by atoms with Crippen molar-refractivity contribution < 1.29 is 14.6 Å². The monoisotopic (exact) mass is 329 g/mol. The summed E-state index contributed by atoms with van der Waals surface area (Å²) in [4.78, 5) is 10.8. The molecule has 0 saturated carbocycles. The van der Waals surface area contributed by atoms with Crippen LogP contribution in [0.3, 0.4) is 0 Å². The molecule has 0 aliphatic carbocycles. The van der Waals surface area contributed by atoms with E-state index >= 15 is 0 Å². The quantitative estimate of drug-likeness (QED) is 0.871. The SMILES string of the molecule is COc1c(C)c(C)c(Br)c(C)c1CCC(N)C(=O)O. The Morgan fingerprint density at radius 1 is 1.32 bits per heavy atom. The van der Waals surface area contributed by atoms with Crippen LogP contribution in [0, 0.1) is 20.8 Å². The molecule has 0 heterocycles. The number of aliphatic carboxylic acids is 1. The number of ether oxygens (including phenoxy) is 1. The summed E-state index contributed by atoms with van der Waals surface area (Å²) in [7, 11) is 1.63. The molecule has 1 unspecified atom stereocenters. The standard InChI is InChI=1S/C14H20BrNO3/c1-7-8(2)13(19-4)10(9(3)12(7)15)5-6-11(16)14(17)18/h11H,5-6,16H2,1-4H3,(H,17,18). The highest BCUT2D eigenvalue weighted by Gasteiger charge is 2.19. The molecule has 4 nitrogen and oxygen atoms in total. The minimum atomic E-state index is -0.973. The number of rotatable bonds is 5. The Labute approximate surface area is 122 Å². The lowest BCUT2D eigenvalue weighted by molar-refractivity contribution is -0.138. The van der Waals surface area contributed by atoms with Gasteiger partial charge in [0.2, 0.25) is 0 Å². The molecule has 1 aromatic rings. The van der Waals surface area contributed by atoms with Crippen molar-refractivity contribution in [3.8, 4) is 5.75 Å². The molecule has 0 bridgehead atoms. The van der Waals surface area contributed by atoms with Gasteiger partial charge in [-0.3, -0.25) is 4.79 Å². The van der Waals surface area contributed by atoms with Crippen LogP contribution < -0.4 is 10.5 Å². The number of benzene rings is 1. The topological polar surface area (TPSA) is 72.5 Å². The Kier molecular flexibility index (Phi) is 5.38. The third-order valence-corrected chi connectivity index (χ3v) is 4.70. The van der Waals surface area contributed by atoms with Crippen LogP contribution in [0.2, 0.25) is 0 Å². The number of carboxylic acids is 1. The molecular formula is C14H20BrNO3. The number of carbonyl (C=O) groups is 1. The Morgan fingerprint density at radius 3 is 2.37 bits per heavy atom. The van der Waals surface area contributed by atoms with Crippen molar-refractivity contribution in [2.45, 2.75) is 39.7 Å². The van der Waals surface area contributed by atoms with Gasteiger partial charge in [0.05, 0.1) is 7.11 Å². The molecule has 3 N–H and O–H groups in total. The summed E-state index contributed by atoms with van der Waals surface area (Å²) in [5.41, 5.74) is 9.87. The van der Waals surface area contributed by atoms with Gasteiger partial charge in [-0.25, -0.2) is 0 Å². The maximum Gasteiger partial charge on any atom is 0.320 e. The van der Waals surface area contributed by atoms with Crippen LogP contribution in [-0.2, 0) is 11.2 Å². The summed E-state index contributed by atoms with van der Waals surface area (Å²) in [6.45, 7) is 6.03. The maximum absolute atomic E-state index is 10.8. The third kappa shape index (κ3) is 3.28. The lowest BCUT2D eigenvalue weighted by Crippen LogP contribution is -2.30. The van der Waals surface area contributed by atoms with E-state index in [0.29, 0.717) is 12.8 Å². The van der Waals surface area contributed by atoms with Crippen LogP contribution in [0.4, 0.5) is 0 Å². The van der Waals surface area contributed by atoms with Crippen LogP contribution >= 0.6 is 15.9 Å². The zero-order valence-corrected chi connectivity index (χ0v) is 13.3. The predicted molar refractivity (Wildman–Crippen MR) is 78.8 cm³/mol. The average molecular weight is 330 g/mol. The molecule has 0 fully saturated rings. The highest BCUT2D eigenvalue weighted by atomic mass is 79.9. The molecular weight excluding hydrogens is 310 g/mol. The maximum atomic E-state index is 10.8. The van der Waals surface area contributed by atoms with Gasteiger partial charge in [0, 0.05) is 4.47 Å². The van der Waals surface area contributed by atoms with Gasteiger partial charge in [-0.05, 0) is 55.9 Å². The van der Waals surface area contributed by atoms with Crippen LogP contribution in [0.15, 0.2) is 4.47 Å². The largest absolute Gasteiger partial charge is 0.496 e. The molecule has 1 atom stereocenters. The van der Waals surface area contributed by atoms with E-state index < -0.39 is 12.0 Å². The summed E-state index contributed by atoms with van der Waals surface area (Å²) >= 11 is 3.58. The van der Waals surface area contributed by atoms with Crippen LogP contribution in [-0.4, -0.2) is 24.2 Å². The molecule has 1 rings (SSSR count). The van der Waals surface area contributed by atoms with Gasteiger partial charge >= 0.3 is 5.97 Å². The number of nitrogens with two attached hydrogens (primary N) is 1. The van der Waals surface area contributed by atoms with E-state index in [-0.39, 0.29) is 0 Å². The Balaban J connectivity index is 3.16. The van der Waals surface area contributed by atoms with E-state index in [0.717, 1.165) is 32.5 Å². The van der Waals surface area contributed by atoms with Crippen LogP contribution in [0.5, 0.6) is 5.75 Å². The smallest absolute Gasteiger partial charge is 0.320 e. The zero-order valence-electron chi connectivity index (χ0n) is 11.7. The zero-order chi connectivity index (χ0) is 14.7. The van der Waals surface area contributed by atoms with E-state index in [2.05, 4.69) is 15.9 Å². The Hall–Kier alpha value is -1.07. The highest BCUT2D eigenvalue weighted by Crippen LogP contribution is 2.36. The fraction of sp³-hybridized carbons (Fsp3) is 0.500. The first-order valence-corrected chi connectivity index (χ1v) is 6.91. The molecule has 0 radical (unpaired) electrons. The normalized spacial score (nSPS) is 12.3. The molecule has 0 aromatic heterocycles. The Bertz CT molecular complexity index is 500. The van der Waals surface area contributed by atoms with Gasteiger partial charge in [-0.1, -0.05) is 15.9 Å². The van der Waals surface area contributed by atoms with E-state index in [4.69, 9.17) is 15.6 Å². The highest BCUT2D eigenvalue weighted by molar-refractivity contribution is 9.10. The first-order valence-electron chi connectivity index (χ1n) is 6.11. The van der Waals surface area contributed by atoms with E-state index in [1.165, 1.54) is 0 Å². The van der Waals surface area contributed by atoms with Crippen molar-refractivity contribution in [3.05, 3.63) is 26.7 Å². The van der Waals surface area contributed by atoms with Crippen molar-refractivity contribution in [3.63, 3.8) is 0 Å². The van der Waals surface area contributed by atoms with Crippen molar-refractivity contribution >= 4 is 21.9 Å². The lowest BCUT2D eigenvalue weighted by atomic mass is 9.94. The van der Waals surface area contributed by atoms with Gasteiger partial charge in [-0.2, -0.15) is 0 Å². The van der Waals surface area contributed by atoms with Crippen LogP contribution in [0.1, 0.15) is 28.7 Å². The van der Waals surface area contributed by atoms with Gasteiger partial charge < -0.3 is 15.6 Å². The molecule has 106 valence electrons. The third-order valence-electron chi connectivity index (χ3n) is 3.51. The number of hydrogen-bond acceptors (Lipinski definition) is 3. The molecule has 0 amide bonds. The van der Waals surface area contributed by atoms with Crippen LogP contribution in [0.25, 0.3) is 0 Å². The molecule has 5 heteroatoms. The molecule has 0 saturated heterocycles. The number of methoxy groups -OCH3 is 1. The summed E-state index contributed by atoms with van der Waals surface area (Å²) in [6, 6.07) is -0.843. The van der Waals surface area contributed by atoms with Gasteiger partial charge in [0.15, 0.2) is 0 Å². The molecule has 0 aliphatic rings. The number of carboxylic acid groups (broad SMARTS) is 1. The van der Waals surface area contributed by atoms with E-state index in [9.17, 15) is 4.79 Å². The first-order chi connectivity index (χ1) is 8.81. The van der Waals surface area contributed by atoms with Crippen molar-refractivity contribution in [1.29, 1.82) is 0 Å². The number of hydrogen-bond donors (Lipinski definition) is 2. The van der Waals surface area contributed by atoms with E-state index in [1.807, 2.05) is 20.8 Å². The molecule has 1 aromatic carbocycles. The van der Waals surface area contributed by atoms with Crippen molar-refractivity contribution in [1.82, 2.24) is 0 Å². The second-order valence-corrected chi connectivity index (χ2v) is 5.48. The van der Waals surface area contributed by atoms with Crippen molar-refractivity contribution in [2.24, 2.45) is 5.73 Å². The first kappa shape index (κ1) is 16.0. The number of halogens is 1. The summed E-state index contributed by atoms with van der Waals surface area (Å²) in [5.74, 6) is -0.143. The molecule has 0 spiro atoms. The molecule has 19 heavy (non-hydrogen) atoms. The Morgan fingerprint density at radius 2 is 1.89 bits per heavy atom. The summed E-state index contributed by atoms with van der Waals surface area (Å²) in [6.07, 6.45) is 0.976. The average Bonchev–Trinajstić information content (AvgIpc) is 2.38. The van der Waals surface area contributed by atoms with E-state index in [1.54, 1.807) is 7.11 Å². The lowest BCUT2D eigenvalue weighted by Gasteiger charge is -2.19. The minimum Gasteiger partial charge on any atom is -0.496 e.